The molecule has 21 heavy (non-hydrogen) atoms. The van der Waals surface area contributed by atoms with Crippen LogP contribution in [0, 0.1) is 20.8 Å². The Morgan fingerprint density at radius 3 is 2.57 bits per heavy atom. The minimum atomic E-state index is 0.434. The normalized spacial score (nSPS) is 11.6. The molecule has 2 heterocycles. The number of rotatable bonds is 2. The van der Waals surface area contributed by atoms with E-state index in [1.165, 1.54) is 0 Å². The second-order valence-electron chi connectivity index (χ2n) is 4.87. The smallest absolute Gasteiger partial charge is 0.151 e. The van der Waals surface area contributed by atoms with Gasteiger partial charge in [0, 0.05) is 10.9 Å². The lowest BCUT2D eigenvalue weighted by molar-refractivity contribution is 0.799. The molecule has 0 atom stereocenters. The number of aryl methyl sites for hydroxylation is 3. The molecule has 0 unspecified atom stereocenters. The first-order valence-electron chi connectivity index (χ1n) is 6.55. The number of pyridine rings is 1. The van der Waals surface area contributed by atoms with Gasteiger partial charge in [0.05, 0.1) is 11.7 Å². The van der Waals surface area contributed by atoms with Crippen molar-refractivity contribution in [2.75, 3.05) is 0 Å². The van der Waals surface area contributed by atoms with Crippen molar-refractivity contribution in [2.45, 2.75) is 20.8 Å². The predicted molar refractivity (Wildman–Crippen MR) is 84.0 cm³/mol. The summed E-state index contributed by atoms with van der Waals surface area (Å²) in [6, 6.07) is 8.01. The zero-order valence-corrected chi connectivity index (χ0v) is 12.8. The zero-order valence-electron chi connectivity index (χ0n) is 12.0. The fraction of sp³-hybridized carbons (Fsp3) is 0.200. The third-order valence-electron chi connectivity index (χ3n) is 3.29. The molecule has 0 aliphatic heterocycles. The number of halogens is 1. The Kier molecular flexibility index (Phi) is 3.43. The van der Waals surface area contributed by atoms with E-state index in [4.69, 9.17) is 11.6 Å². The van der Waals surface area contributed by atoms with E-state index in [0.29, 0.717) is 5.15 Å². The monoisotopic (exact) mass is 299 g/mol. The maximum absolute atomic E-state index is 6.25. The van der Waals surface area contributed by atoms with Crippen LogP contribution in [0.25, 0.3) is 10.9 Å². The molecule has 0 amide bonds. The van der Waals surface area contributed by atoms with Gasteiger partial charge in [0.2, 0.25) is 0 Å². The number of para-hydroxylation sites is 1. The van der Waals surface area contributed by atoms with E-state index in [2.05, 4.69) is 20.3 Å². The molecule has 0 saturated carbocycles. The van der Waals surface area contributed by atoms with Crippen molar-refractivity contribution in [3.8, 4) is 0 Å². The van der Waals surface area contributed by atoms with Crippen molar-refractivity contribution in [3.05, 3.63) is 52.2 Å². The van der Waals surface area contributed by atoms with Gasteiger partial charge in [-0.15, -0.1) is 10.2 Å². The van der Waals surface area contributed by atoms with E-state index < -0.39 is 0 Å². The van der Waals surface area contributed by atoms with Gasteiger partial charge in [-0.3, -0.25) is 0 Å². The van der Waals surface area contributed by atoms with Gasteiger partial charge in [-0.05, 0) is 32.4 Å². The molecule has 0 aliphatic rings. The van der Waals surface area contributed by atoms with Crippen molar-refractivity contribution in [2.24, 2.45) is 5.10 Å². The molecular formula is C15H14ClN5. The highest BCUT2D eigenvalue weighted by atomic mass is 35.5. The first-order chi connectivity index (χ1) is 10.1. The Hall–Kier alpha value is -2.27. The second kappa shape index (κ2) is 5.26. The summed E-state index contributed by atoms with van der Waals surface area (Å²) in [5.41, 5.74) is 2.78. The van der Waals surface area contributed by atoms with Gasteiger partial charge in [0.15, 0.2) is 11.6 Å². The van der Waals surface area contributed by atoms with Crippen molar-refractivity contribution in [1.82, 2.24) is 19.9 Å². The zero-order chi connectivity index (χ0) is 15.0. The minimum Gasteiger partial charge on any atom is -0.235 e. The third kappa shape index (κ3) is 2.52. The van der Waals surface area contributed by atoms with Crippen molar-refractivity contribution in [1.29, 1.82) is 0 Å². The summed E-state index contributed by atoms with van der Waals surface area (Å²) in [6.07, 6.45) is 1.68. The quantitative estimate of drug-likeness (QED) is 0.539. The Morgan fingerprint density at radius 2 is 1.86 bits per heavy atom. The van der Waals surface area contributed by atoms with Crippen molar-refractivity contribution >= 4 is 28.7 Å². The SMILES string of the molecule is Cc1cccc2cc(/C=N/n3c(C)nnc3C)c(Cl)nc12. The molecule has 0 bridgehead atoms. The van der Waals surface area contributed by atoms with Gasteiger partial charge >= 0.3 is 0 Å². The summed E-state index contributed by atoms with van der Waals surface area (Å²) in [5, 5.41) is 13.8. The van der Waals surface area contributed by atoms with Crippen LogP contribution in [-0.4, -0.2) is 26.1 Å². The van der Waals surface area contributed by atoms with Gasteiger partial charge in [0.25, 0.3) is 0 Å². The highest BCUT2D eigenvalue weighted by Crippen LogP contribution is 2.21. The summed E-state index contributed by atoms with van der Waals surface area (Å²) in [6.45, 7) is 5.71. The highest BCUT2D eigenvalue weighted by molar-refractivity contribution is 6.32. The van der Waals surface area contributed by atoms with Crippen LogP contribution in [0.3, 0.4) is 0 Å². The molecule has 3 aromatic rings. The summed E-state index contributed by atoms with van der Waals surface area (Å²) >= 11 is 6.25. The van der Waals surface area contributed by atoms with E-state index in [1.54, 1.807) is 10.9 Å². The second-order valence-corrected chi connectivity index (χ2v) is 5.22. The number of hydrogen-bond donors (Lipinski definition) is 0. The predicted octanol–water partition coefficient (Wildman–Crippen LogP) is 3.29. The van der Waals surface area contributed by atoms with Crippen LogP contribution >= 0.6 is 11.6 Å². The summed E-state index contributed by atoms with van der Waals surface area (Å²) in [7, 11) is 0. The standard InChI is InChI=1S/C15H14ClN5/c1-9-5-4-6-12-7-13(15(16)18-14(9)12)8-17-21-10(2)19-20-11(21)3/h4-8H,1-3H3/b17-8+. The average Bonchev–Trinajstić information content (AvgIpc) is 2.77. The van der Waals surface area contributed by atoms with Crippen LogP contribution < -0.4 is 0 Å². The van der Waals surface area contributed by atoms with Crippen LogP contribution in [0.1, 0.15) is 22.8 Å². The average molecular weight is 300 g/mol. The number of aromatic nitrogens is 4. The molecule has 0 fully saturated rings. The molecule has 0 radical (unpaired) electrons. The van der Waals surface area contributed by atoms with Crippen LogP contribution in [0.4, 0.5) is 0 Å². The molecule has 2 aromatic heterocycles. The Balaban J connectivity index is 2.07. The number of nitrogens with zero attached hydrogens (tertiary/aromatic N) is 5. The first kappa shape index (κ1) is 13.7. The van der Waals surface area contributed by atoms with Gasteiger partial charge in [0.1, 0.15) is 5.15 Å². The minimum absolute atomic E-state index is 0.434. The Labute approximate surface area is 127 Å². The molecule has 3 rings (SSSR count). The van der Waals surface area contributed by atoms with Crippen molar-refractivity contribution < 1.29 is 0 Å². The lowest BCUT2D eigenvalue weighted by Gasteiger charge is -2.04. The molecule has 6 heteroatoms. The molecule has 0 saturated heterocycles. The molecule has 0 N–H and O–H groups in total. The fourth-order valence-electron chi connectivity index (χ4n) is 2.18. The van der Waals surface area contributed by atoms with Crippen LogP contribution in [0.2, 0.25) is 5.15 Å². The summed E-state index contributed by atoms with van der Waals surface area (Å²) < 4.78 is 1.66. The van der Waals surface area contributed by atoms with Crippen LogP contribution in [0.5, 0.6) is 0 Å². The molecule has 106 valence electrons. The first-order valence-corrected chi connectivity index (χ1v) is 6.93. The van der Waals surface area contributed by atoms with Gasteiger partial charge in [-0.25, -0.2) is 9.66 Å². The number of hydrogen-bond acceptors (Lipinski definition) is 4. The van der Waals surface area contributed by atoms with E-state index in [-0.39, 0.29) is 0 Å². The maximum atomic E-state index is 6.25. The van der Waals surface area contributed by atoms with E-state index in [0.717, 1.165) is 33.7 Å². The number of fused-ring (bicyclic) bond motifs is 1. The largest absolute Gasteiger partial charge is 0.235 e. The highest BCUT2D eigenvalue weighted by Gasteiger charge is 2.06. The van der Waals surface area contributed by atoms with Crippen LogP contribution in [0.15, 0.2) is 29.4 Å². The Bertz CT molecular complexity index is 831. The van der Waals surface area contributed by atoms with Crippen molar-refractivity contribution in [3.63, 3.8) is 0 Å². The Morgan fingerprint density at radius 1 is 1.14 bits per heavy atom. The van der Waals surface area contributed by atoms with E-state index in [1.807, 2.05) is 45.0 Å². The fourth-order valence-corrected chi connectivity index (χ4v) is 2.37. The van der Waals surface area contributed by atoms with Gasteiger partial charge < -0.3 is 0 Å². The molecule has 5 nitrogen and oxygen atoms in total. The van der Waals surface area contributed by atoms with E-state index in [9.17, 15) is 0 Å². The van der Waals surface area contributed by atoms with Crippen LogP contribution in [-0.2, 0) is 0 Å². The number of benzene rings is 1. The van der Waals surface area contributed by atoms with Gasteiger partial charge in [-0.2, -0.15) is 5.10 Å². The molecular weight excluding hydrogens is 286 g/mol. The molecule has 1 aromatic carbocycles. The summed E-state index contributed by atoms with van der Waals surface area (Å²) in [5.74, 6) is 1.45. The maximum Gasteiger partial charge on any atom is 0.151 e. The third-order valence-corrected chi connectivity index (χ3v) is 3.60. The van der Waals surface area contributed by atoms with Gasteiger partial charge in [-0.1, -0.05) is 29.8 Å². The topological polar surface area (TPSA) is 56.0 Å². The van der Waals surface area contributed by atoms with E-state index >= 15 is 0 Å². The molecule has 0 spiro atoms. The molecule has 0 aliphatic carbocycles. The lowest BCUT2D eigenvalue weighted by Crippen LogP contribution is -1.97. The lowest BCUT2D eigenvalue weighted by atomic mass is 10.1. The summed E-state index contributed by atoms with van der Waals surface area (Å²) in [4.78, 5) is 4.45.